The Kier molecular flexibility index (Phi) is 4.94. The predicted molar refractivity (Wildman–Crippen MR) is 125 cm³/mol. The molecule has 170 valence electrons. The number of rotatable bonds is 5. The Labute approximate surface area is 192 Å². The van der Waals surface area contributed by atoms with Crippen molar-refractivity contribution in [2.24, 2.45) is 0 Å². The largest absolute Gasteiger partial charge is 0.501 e. The lowest BCUT2D eigenvalue weighted by atomic mass is 10.1. The summed E-state index contributed by atoms with van der Waals surface area (Å²) in [6, 6.07) is 13.1. The van der Waals surface area contributed by atoms with E-state index >= 15 is 0 Å². The minimum Gasteiger partial charge on any atom is -0.501 e. The first-order valence-corrected chi connectivity index (χ1v) is 10.3. The van der Waals surface area contributed by atoms with Crippen LogP contribution in [0.2, 0.25) is 0 Å². The van der Waals surface area contributed by atoms with Gasteiger partial charge in [0.05, 0.1) is 12.7 Å². The van der Waals surface area contributed by atoms with E-state index in [1.165, 1.54) is 12.1 Å². The number of carbonyl (C=O) groups is 1. The number of hydrogen-bond donors (Lipinski definition) is 4. The van der Waals surface area contributed by atoms with Crippen LogP contribution in [-0.4, -0.2) is 38.2 Å². The molecule has 3 aromatic heterocycles. The molecule has 0 saturated heterocycles. The van der Waals surface area contributed by atoms with Crippen molar-refractivity contribution in [1.82, 2.24) is 15.0 Å². The fourth-order valence-electron chi connectivity index (χ4n) is 3.85. The minimum absolute atomic E-state index is 0.0254. The highest BCUT2D eigenvalue weighted by Gasteiger charge is 2.23. The molecular weight excluding hydrogens is 438 g/mol. The number of nitrogens with one attached hydrogen (secondary N) is 2. The summed E-state index contributed by atoms with van der Waals surface area (Å²) in [5, 5.41) is 20.5. The van der Waals surface area contributed by atoms with Gasteiger partial charge in [0.1, 0.15) is 28.7 Å². The van der Waals surface area contributed by atoms with Gasteiger partial charge in [0, 0.05) is 34.3 Å². The number of aromatic carboxylic acids is 1. The van der Waals surface area contributed by atoms with Crippen molar-refractivity contribution in [2.45, 2.75) is 6.92 Å². The van der Waals surface area contributed by atoms with Crippen LogP contribution in [0, 0.1) is 6.92 Å². The average molecular weight is 457 g/mol. The molecule has 9 heteroatoms. The zero-order chi connectivity index (χ0) is 24.0. The zero-order valence-corrected chi connectivity index (χ0v) is 18.2. The predicted octanol–water partition coefficient (Wildman–Crippen LogP) is 4.57. The first-order chi connectivity index (χ1) is 16.4. The van der Waals surface area contributed by atoms with Gasteiger partial charge in [0.2, 0.25) is 11.2 Å². The van der Waals surface area contributed by atoms with Crippen LogP contribution < -0.4 is 10.2 Å². The monoisotopic (exact) mass is 457 g/mol. The lowest BCUT2D eigenvalue weighted by molar-refractivity contribution is 0.0697. The van der Waals surface area contributed by atoms with Crippen molar-refractivity contribution in [3.8, 4) is 45.6 Å². The fourth-order valence-corrected chi connectivity index (χ4v) is 3.85. The van der Waals surface area contributed by atoms with Crippen LogP contribution in [0.5, 0.6) is 11.5 Å². The van der Waals surface area contributed by atoms with Crippen LogP contribution in [-0.2, 0) is 0 Å². The third kappa shape index (κ3) is 3.49. The first kappa shape index (κ1) is 21.1. The van der Waals surface area contributed by atoms with Crippen LogP contribution in [0.25, 0.3) is 45.0 Å². The molecule has 34 heavy (non-hydrogen) atoms. The molecule has 9 nitrogen and oxygen atoms in total. The summed E-state index contributed by atoms with van der Waals surface area (Å²) in [6.07, 6.45) is 1.71. The zero-order valence-electron chi connectivity index (χ0n) is 18.2. The van der Waals surface area contributed by atoms with Crippen LogP contribution in [0.4, 0.5) is 0 Å². The van der Waals surface area contributed by atoms with Gasteiger partial charge in [0.25, 0.3) is 0 Å². The van der Waals surface area contributed by atoms with Gasteiger partial charge in [-0.25, -0.2) is 9.78 Å². The number of aromatic hydroxyl groups is 1. The van der Waals surface area contributed by atoms with Gasteiger partial charge in [-0.1, -0.05) is 6.07 Å². The second-order valence-corrected chi connectivity index (χ2v) is 7.70. The summed E-state index contributed by atoms with van der Waals surface area (Å²) in [6.45, 7) is 1.62. The number of hydrogen-bond acceptors (Lipinski definition) is 6. The minimum atomic E-state index is -1.02. The maximum Gasteiger partial charge on any atom is 0.335 e. The quantitative estimate of drug-likeness (QED) is 0.303. The molecule has 0 amide bonds. The molecule has 4 N–H and O–H groups in total. The molecule has 2 aromatic carbocycles. The molecule has 0 radical (unpaired) electrons. The van der Waals surface area contributed by atoms with E-state index in [9.17, 15) is 19.8 Å². The van der Waals surface area contributed by atoms with Gasteiger partial charge in [-0.15, -0.1) is 0 Å². The molecule has 0 atom stereocenters. The van der Waals surface area contributed by atoms with Gasteiger partial charge >= 0.3 is 5.97 Å². The molecule has 0 bridgehead atoms. The molecule has 0 aliphatic heterocycles. The number of aryl methyl sites for hydroxylation is 1. The number of benzene rings is 2. The summed E-state index contributed by atoms with van der Waals surface area (Å²) >= 11 is 0. The van der Waals surface area contributed by atoms with Gasteiger partial charge in [-0.05, 0) is 43.3 Å². The van der Waals surface area contributed by atoms with Gasteiger partial charge in [0.15, 0.2) is 5.76 Å². The summed E-state index contributed by atoms with van der Waals surface area (Å²) in [7, 11) is 1.57. The van der Waals surface area contributed by atoms with Crippen LogP contribution in [0.1, 0.15) is 16.1 Å². The molecule has 0 saturated carbocycles. The molecule has 0 aliphatic carbocycles. The van der Waals surface area contributed by atoms with Crippen molar-refractivity contribution < 1.29 is 24.2 Å². The second kappa shape index (κ2) is 7.96. The summed E-state index contributed by atoms with van der Waals surface area (Å²) in [5.41, 5.74) is 2.39. The number of imidazole rings is 1. The van der Waals surface area contributed by atoms with Crippen molar-refractivity contribution in [1.29, 1.82) is 0 Å². The Hall–Kier alpha value is -4.79. The highest BCUT2D eigenvalue weighted by molar-refractivity contribution is 5.99. The first-order valence-electron chi connectivity index (χ1n) is 10.3. The van der Waals surface area contributed by atoms with Crippen molar-refractivity contribution >= 4 is 16.9 Å². The molecule has 5 rings (SSSR count). The van der Waals surface area contributed by atoms with Gasteiger partial charge < -0.3 is 29.3 Å². The van der Waals surface area contributed by atoms with Crippen LogP contribution in [0.3, 0.4) is 0 Å². The van der Waals surface area contributed by atoms with E-state index in [0.717, 1.165) is 5.39 Å². The Morgan fingerprint density at radius 1 is 1.12 bits per heavy atom. The van der Waals surface area contributed by atoms with Crippen molar-refractivity contribution in [2.75, 3.05) is 7.11 Å². The average Bonchev–Trinajstić information content (AvgIpc) is 3.45. The number of methoxy groups -OCH3 is 1. The normalized spacial score (nSPS) is 11.1. The van der Waals surface area contributed by atoms with Gasteiger partial charge in [-0.2, -0.15) is 0 Å². The number of carboxylic acid groups (broad SMARTS) is 1. The number of fused-ring (bicyclic) bond motifs is 1. The Bertz CT molecular complexity index is 1610. The van der Waals surface area contributed by atoms with Crippen LogP contribution >= 0.6 is 0 Å². The number of carboxylic acids is 1. The number of H-pyrrole nitrogens is 2. The van der Waals surface area contributed by atoms with E-state index in [4.69, 9.17) is 14.1 Å². The Morgan fingerprint density at radius 3 is 2.59 bits per heavy atom. The smallest absolute Gasteiger partial charge is 0.335 e. The van der Waals surface area contributed by atoms with E-state index < -0.39 is 17.1 Å². The molecule has 0 fully saturated rings. The fraction of sp³-hybridized carbons (Fsp3) is 0.0800. The van der Waals surface area contributed by atoms with E-state index in [1.54, 1.807) is 44.5 Å². The number of aromatic amines is 2. The number of ether oxygens (including phenoxy) is 1. The maximum absolute atomic E-state index is 12.2. The lowest BCUT2D eigenvalue weighted by Gasteiger charge is -2.06. The molecule has 0 spiro atoms. The number of aromatic nitrogens is 3. The Balaban J connectivity index is 1.74. The molecule has 0 aliphatic rings. The molecule has 5 aromatic rings. The van der Waals surface area contributed by atoms with Crippen LogP contribution in [0.15, 0.2) is 63.9 Å². The maximum atomic E-state index is 12.2. The topological polar surface area (TPSA) is 141 Å². The third-order valence-electron chi connectivity index (χ3n) is 5.52. The van der Waals surface area contributed by atoms with E-state index in [0.29, 0.717) is 45.4 Å². The lowest BCUT2D eigenvalue weighted by Crippen LogP contribution is -2.01. The standard InChI is InChI=1S/C25H19N3O6/c1-12-9-19(29)22(30)23(34-12)21-20(13-3-6-15(33-2)7-4-13)27-24(28-21)17-11-26-18-10-14(25(31)32)5-8-16(17)18/h3-11,26,30H,1-2H3,(H,27,28)(H,31,32). The summed E-state index contributed by atoms with van der Waals surface area (Å²) in [4.78, 5) is 34.6. The van der Waals surface area contributed by atoms with Crippen molar-refractivity contribution in [3.05, 3.63) is 76.3 Å². The van der Waals surface area contributed by atoms with E-state index in [2.05, 4.69) is 9.97 Å². The highest BCUT2D eigenvalue weighted by atomic mass is 16.5. The number of nitrogens with zero attached hydrogens (tertiary/aromatic N) is 1. The molecular formula is C25H19N3O6. The van der Waals surface area contributed by atoms with E-state index in [-0.39, 0.29) is 11.3 Å². The highest BCUT2D eigenvalue weighted by Crippen LogP contribution is 2.38. The van der Waals surface area contributed by atoms with Crippen molar-refractivity contribution in [3.63, 3.8) is 0 Å². The Morgan fingerprint density at radius 2 is 1.88 bits per heavy atom. The molecule has 0 unspecified atom stereocenters. The third-order valence-corrected chi connectivity index (χ3v) is 5.52. The molecule has 3 heterocycles. The summed E-state index contributed by atoms with van der Waals surface area (Å²) < 4.78 is 11.0. The van der Waals surface area contributed by atoms with E-state index in [1.807, 2.05) is 12.1 Å². The summed E-state index contributed by atoms with van der Waals surface area (Å²) in [5.74, 6) is -0.133. The second-order valence-electron chi connectivity index (χ2n) is 7.70. The SMILES string of the molecule is COc1ccc(-c2nc(-c3c[nH]c4cc(C(=O)O)ccc34)[nH]c2-c2oc(C)cc(=O)c2O)cc1. The van der Waals surface area contributed by atoms with Gasteiger partial charge in [-0.3, -0.25) is 4.79 Å².